The summed E-state index contributed by atoms with van der Waals surface area (Å²) in [5.74, 6) is 0.443. The summed E-state index contributed by atoms with van der Waals surface area (Å²) in [6, 6.07) is 5.35. The number of hydrogen-bond donors (Lipinski definition) is 0. The Morgan fingerprint density at radius 1 is 1.25 bits per heavy atom. The largest absolute Gasteiger partial charge is 0.338 e. The lowest BCUT2D eigenvalue weighted by atomic mass is 10.1. The van der Waals surface area contributed by atoms with Crippen molar-refractivity contribution in [2.45, 2.75) is 6.42 Å². The number of aromatic nitrogens is 2. The quantitative estimate of drug-likeness (QED) is 0.603. The van der Waals surface area contributed by atoms with Crippen LogP contribution in [-0.2, 0) is 13.5 Å². The molecule has 20 heavy (non-hydrogen) atoms. The van der Waals surface area contributed by atoms with Crippen molar-refractivity contribution in [3.8, 4) is 0 Å². The maximum absolute atomic E-state index is 12.3. The summed E-state index contributed by atoms with van der Waals surface area (Å²) < 4.78 is 2.71. The zero-order chi connectivity index (χ0) is 14.3. The van der Waals surface area contributed by atoms with Gasteiger partial charge in [-0.15, -0.1) is 0 Å². The number of imide groups is 1. The third kappa shape index (κ3) is 2.04. The zero-order valence-corrected chi connectivity index (χ0v) is 13.0. The fourth-order valence-corrected chi connectivity index (χ4v) is 3.07. The summed E-state index contributed by atoms with van der Waals surface area (Å²) in [5.41, 5.74) is 1.03. The fraction of sp³-hybridized carbons (Fsp3) is 0.214. The molecule has 6 heteroatoms. The van der Waals surface area contributed by atoms with Crippen LogP contribution in [0.4, 0.5) is 0 Å². The maximum atomic E-state index is 12.3. The van der Waals surface area contributed by atoms with Gasteiger partial charge in [0.05, 0.1) is 11.1 Å². The smallest absolute Gasteiger partial charge is 0.262 e. The second-order valence-electron chi connectivity index (χ2n) is 4.63. The van der Waals surface area contributed by atoms with Crippen molar-refractivity contribution in [2.24, 2.45) is 7.05 Å². The van der Waals surface area contributed by atoms with Gasteiger partial charge in [-0.2, -0.15) is 0 Å². The molecular weight excluding hydrogens is 369 g/mol. The molecule has 0 fully saturated rings. The Bertz CT molecular complexity index is 708. The lowest BCUT2D eigenvalue weighted by Gasteiger charge is -2.13. The van der Waals surface area contributed by atoms with E-state index in [2.05, 4.69) is 27.6 Å². The van der Waals surface area contributed by atoms with Gasteiger partial charge in [-0.1, -0.05) is 6.07 Å². The first-order chi connectivity index (χ1) is 9.59. The van der Waals surface area contributed by atoms with Crippen molar-refractivity contribution < 1.29 is 9.59 Å². The van der Waals surface area contributed by atoms with Crippen LogP contribution in [0, 0.1) is 3.57 Å². The molecule has 0 atom stereocenters. The molecular formula is C14H12IN3O2. The van der Waals surface area contributed by atoms with Crippen LogP contribution in [0.2, 0.25) is 0 Å². The van der Waals surface area contributed by atoms with Crippen molar-refractivity contribution in [3.05, 3.63) is 51.1 Å². The normalized spacial score (nSPS) is 14.0. The van der Waals surface area contributed by atoms with Gasteiger partial charge in [-0.25, -0.2) is 4.98 Å². The highest BCUT2D eigenvalue weighted by molar-refractivity contribution is 14.1. The molecule has 1 aliphatic heterocycles. The summed E-state index contributed by atoms with van der Waals surface area (Å²) in [7, 11) is 1.90. The third-order valence-corrected chi connectivity index (χ3v) is 4.33. The Hall–Kier alpha value is -1.70. The van der Waals surface area contributed by atoms with Gasteiger partial charge in [0, 0.05) is 36.0 Å². The van der Waals surface area contributed by atoms with Crippen LogP contribution in [0.5, 0.6) is 0 Å². The summed E-state index contributed by atoms with van der Waals surface area (Å²) in [5, 5.41) is 0. The molecule has 1 aromatic heterocycles. The first kappa shape index (κ1) is 13.3. The lowest BCUT2D eigenvalue weighted by Crippen LogP contribution is -2.32. The molecule has 0 bridgehead atoms. The molecule has 5 nitrogen and oxygen atoms in total. The summed E-state index contributed by atoms with van der Waals surface area (Å²) >= 11 is 2.09. The zero-order valence-electron chi connectivity index (χ0n) is 10.8. The van der Waals surface area contributed by atoms with Crippen LogP contribution < -0.4 is 0 Å². The average molecular weight is 381 g/mol. The standard InChI is InChI=1S/C14H12IN3O2/c1-17-8-6-16-11(17)5-7-18-13(19)9-3-2-4-10(15)12(9)14(18)20/h2-4,6,8H,5,7H2,1H3. The molecule has 2 aromatic rings. The highest BCUT2D eigenvalue weighted by Gasteiger charge is 2.36. The van der Waals surface area contributed by atoms with Crippen molar-refractivity contribution in [2.75, 3.05) is 6.54 Å². The average Bonchev–Trinajstić information content (AvgIpc) is 2.93. The molecule has 0 N–H and O–H groups in total. The second-order valence-corrected chi connectivity index (χ2v) is 5.79. The van der Waals surface area contributed by atoms with E-state index in [0.717, 1.165) is 9.39 Å². The number of carbonyl (C=O) groups excluding carboxylic acids is 2. The Kier molecular flexibility index (Phi) is 3.33. The predicted octanol–water partition coefficient (Wildman–Crippen LogP) is 1.86. The number of carbonyl (C=O) groups is 2. The number of halogens is 1. The van der Waals surface area contributed by atoms with Crippen LogP contribution in [0.25, 0.3) is 0 Å². The van der Waals surface area contributed by atoms with Crippen molar-refractivity contribution >= 4 is 34.4 Å². The molecule has 0 spiro atoms. The summed E-state index contributed by atoms with van der Waals surface area (Å²) in [4.78, 5) is 30.1. The predicted molar refractivity (Wildman–Crippen MR) is 81.4 cm³/mol. The van der Waals surface area contributed by atoms with E-state index in [1.54, 1.807) is 18.3 Å². The maximum Gasteiger partial charge on any atom is 0.262 e. The molecule has 2 heterocycles. The highest BCUT2D eigenvalue weighted by atomic mass is 127. The molecule has 1 aromatic carbocycles. The first-order valence-corrected chi connectivity index (χ1v) is 7.28. The van der Waals surface area contributed by atoms with E-state index in [1.165, 1.54) is 4.90 Å². The van der Waals surface area contributed by atoms with Crippen LogP contribution in [0.3, 0.4) is 0 Å². The minimum Gasteiger partial charge on any atom is -0.338 e. The van der Waals surface area contributed by atoms with Crippen molar-refractivity contribution in [1.29, 1.82) is 0 Å². The number of aryl methyl sites for hydroxylation is 1. The van der Waals surface area contributed by atoms with Crippen LogP contribution in [-0.4, -0.2) is 32.8 Å². The molecule has 0 saturated carbocycles. The van der Waals surface area contributed by atoms with Crippen LogP contribution in [0.15, 0.2) is 30.6 Å². The topological polar surface area (TPSA) is 55.2 Å². The monoisotopic (exact) mass is 381 g/mol. The molecule has 3 rings (SSSR count). The SMILES string of the molecule is Cn1ccnc1CCN1C(=O)c2cccc(I)c2C1=O. The number of hydrogen-bond acceptors (Lipinski definition) is 3. The van der Waals surface area contributed by atoms with E-state index in [-0.39, 0.29) is 11.8 Å². The Balaban J connectivity index is 1.84. The third-order valence-electron chi connectivity index (χ3n) is 3.43. The fourth-order valence-electron chi connectivity index (χ4n) is 2.34. The van der Waals surface area contributed by atoms with Gasteiger partial charge in [0.1, 0.15) is 5.82 Å². The van der Waals surface area contributed by atoms with E-state index in [9.17, 15) is 9.59 Å². The molecule has 0 aliphatic carbocycles. The molecule has 1 aliphatic rings. The van der Waals surface area contributed by atoms with Crippen LogP contribution >= 0.6 is 22.6 Å². The Morgan fingerprint density at radius 2 is 2.05 bits per heavy atom. The van der Waals surface area contributed by atoms with Gasteiger partial charge in [-0.05, 0) is 34.7 Å². The number of amides is 2. The second kappa shape index (κ2) is 5.01. The van der Waals surface area contributed by atoms with Crippen molar-refractivity contribution in [3.63, 3.8) is 0 Å². The Labute approximate surface area is 129 Å². The number of fused-ring (bicyclic) bond motifs is 1. The minimum atomic E-state index is -0.210. The van der Waals surface area contributed by atoms with Crippen molar-refractivity contribution in [1.82, 2.24) is 14.5 Å². The summed E-state index contributed by atoms with van der Waals surface area (Å²) in [6.07, 6.45) is 4.12. The lowest BCUT2D eigenvalue weighted by molar-refractivity contribution is 0.0655. The molecule has 0 unspecified atom stereocenters. The molecule has 2 amide bonds. The van der Waals surface area contributed by atoms with E-state index in [1.807, 2.05) is 23.9 Å². The molecule has 0 radical (unpaired) electrons. The minimum absolute atomic E-state index is 0.204. The number of imidazole rings is 1. The van der Waals surface area contributed by atoms with Gasteiger partial charge in [0.25, 0.3) is 11.8 Å². The van der Waals surface area contributed by atoms with E-state index in [0.29, 0.717) is 24.1 Å². The molecule has 102 valence electrons. The van der Waals surface area contributed by atoms with Gasteiger partial charge < -0.3 is 4.57 Å². The highest BCUT2D eigenvalue weighted by Crippen LogP contribution is 2.27. The Morgan fingerprint density at radius 3 is 2.70 bits per heavy atom. The first-order valence-electron chi connectivity index (χ1n) is 6.20. The van der Waals surface area contributed by atoms with Gasteiger partial charge in [-0.3, -0.25) is 14.5 Å². The van der Waals surface area contributed by atoms with E-state index >= 15 is 0 Å². The van der Waals surface area contributed by atoms with E-state index in [4.69, 9.17) is 0 Å². The number of benzene rings is 1. The van der Waals surface area contributed by atoms with E-state index < -0.39 is 0 Å². The van der Waals surface area contributed by atoms with Gasteiger partial charge >= 0.3 is 0 Å². The van der Waals surface area contributed by atoms with Gasteiger partial charge in [0.2, 0.25) is 0 Å². The summed E-state index contributed by atoms with van der Waals surface area (Å²) in [6.45, 7) is 0.354. The van der Waals surface area contributed by atoms with Crippen LogP contribution in [0.1, 0.15) is 26.5 Å². The van der Waals surface area contributed by atoms with Gasteiger partial charge in [0.15, 0.2) is 0 Å². The number of rotatable bonds is 3. The molecule has 0 saturated heterocycles. The number of nitrogens with zero attached hydrogens (tertiary/aromatic N) is 3.